The maximum atomic E-state index is 5.77. The average molecular weight is 184 g/mol. The Labute approximate surface area is 76.3 Å². The summed E-state index contributed by atoms with van der Waals surface area (Å²) in [5.41, 5.74) is 6.14. The number of halogens is 1. The molecule has 0 saturated carbocycles. The van der Waals surface area contributed by atoms with Gasteiger partial charge in [0.2, 0.25) is 0 Å². The van der Waals surface area contributed by atoms with E-state index in [9.17, 15) is 0 Å². The molecule has 1 heterocycles. The van der Waals surface area contributed by atoms with Crippen LogP contribution in [-0.4, -0.2) is 16.5 Å². The highest BCUT2D eigenvalue weighted by atomic mass is 35.5. The molecule has 3 nitrogen and oxygen atoms in total. The van der Waals surface area contributed by atoms with Gasteiger partial charge in [0, 0.05) is 11.8 Å². The fourth-order valence-electron chi connectivity index (χ4n) is 0.744. The molecule has 0 saturated heterocycles. The standard InChI is InChI=1S/C8H10ClN3/c9-8-7(3-1-2-4-10)5-11-6-12-8/h1,3,5-6H,2,4,10H2. The predicted octanol–water partition coefficient (Wildman–Crippen LogP) is 1.49. The Bertz CT molecular complexity index is 273. The van der Waals surface area contributed by atoms with Gasteiger partial charge in [-0.25, -0.2) is 9.97 Å². The van der Waals surface area contributed by atoms with Gasteiger partial charge in [0.1, 0.15) is 11.5 Å². The second-order valence-corrected chi connectivity index (χ2v) is 2.61. The monoisotopic (exact) mass is 183 g/mol. The lowest BCUT2D eigenvalue weighted by Crippen LogP contribution is -1.95. The zero-order chi connectivity index (χ0) is 8.81. The molecular weight excluding hydrogens is 174 g/mol. The molecule has 1 rings (SSSR count). The van der Waals surface area contributed by atoms with Crippen LogP contribution in [-0.2, 0) is 0 Å². The summed E-state index contributed by atoms with van der Waals surface area (Å²) in [6, 6.07) is 0. The molecule has 0 aromatic carbocycles. The van der Waals surface area contributed by atoms with Crippen LogP contribution in [0.5, 0.6) is 0 Å². The summed E-state index contributed by atoms with van der Waals surface area (Å²) < 4.78 is 0. The molecular formula is C8H10ClN3. The second kappa shape index (κ2) is 4.85. The molecule has 0 aliphatic rings. The lowest BCUT2D eigenvalue weighted by Gasteiger charge is -1.93. The number of rotatable bonds is 3. The topological polar surface area (TPSA) is 51.8 Å². The van der Waals surface area contributed by atoms with Crippen molar-refractivity contribution in [1.29, 1.82) is 0 Å². The Morgan fingerprint density at radius 1 is 1.58 bits per heavy atom. The summed E-state index contributed by atoms with van der Waals surface area (Å²) in [5.74, 6) is 0. The van der Waals surface area contributed by atoms with E-state index in [1.165, 1.54) is 6.33 Å². The van der Waals surface area contributed by atoms with Crippen molar-refractivity contribution >= 4 is 17.7 Å². The van der Waals surface area contributed by atoms with Crippen LogP contribution in [0.25, 0.3) is 6.08 Å². The van der Waals surface area contributed by atoms with Crippen LogP contribution in [0, 0.1) is 0 Å². The maximum absolute atomic E-state index is 5.77. The fraction of sp³-hybridized carbons (Fsp3) is 0.250. The molecule has 0 unspecified atom stereocenters. The molecule has 0 amide bonds. The molecule has 0 radical (unpaired) electrons. The van der Waals surface area contributed by atoms with Crippen LogP contribution in [0.2, 0.25) is 5.15 Å². The number of hydrogen-bond donors (Lipinski definition) is 1. The zero-order valence-electron chi connectivity index (χ0n) is 6.57. The normalized spacial score (nSPS) is 10.8. The lowest BCUT2D eigenvalue weighted by atomic mass is 10.3. The highest BCUT2D eigenvalue weighted by Gasteiger charge is 1.94. The van der Waals surface area contributed by atoms with Gasteiger partial charge in [-0.1, -0.05) is 23.8 Å². The third-order valence-electron chi connectivity index (χ3n) is 1.32. The lowest BCUT2D eigenvalue weighted by molar-refractivity contribution is 1.01. The molecule has 0 aliphatic carbocycles. The molecule has 64 valence electrons. The van der Waals surface area contributed by atoms with E-state index in [2.05, 4.69) is 9.97 Å². The van der Waals surface area contributed by atoms with Crippen molar-refractivity contribution in [3.63, 3.8) is 0 Å². The van der Waals surface area contributed by atoms with Crippen molar-refractivity contribution in [2.75, 3.05) is 6.54 Å². The van der Waals surface area contributed by atoms with E-state index in [0.717, 1.165) is 12.0 Å². The van der Waals surface area contributed by atoms with Crippen LogP contribution in [0.1, 0.15) is 12.0 Å². The van der Waals surface area contributed by atoms with Crippen LogP contribution in [0.3, 0.4) is 0 Å². The Hall–Kier alpha value is -0.930. The van der Waals surface area contributed by atoms with E-state index < -0.39 is 0 Å². The first-order chi connectivity index (χ1) is 5.84. The van der Waals surface area contributed by atoms with Gasteiger partial charge in [-0.05, 0) is 13.0 Å². The van der Waals surface area contributed by atoms with E-state index >= 15 is 0 Å². The smallest absolute Gasteiger partial charge is 0.139 e. The molecule has 1 aromatic heterocycles. The van der Waals surface area contributed by atoms with Crippen LogP contribution in [0.15, 0.2) is 18.6 Å². The van der Waals surface area contributed by atoms with Crippen LogP contribution >= 0.6 is 11.6 Å². The van der Waals surface area contributed by atoms with Gasteiger partial charge in [-0.3, -0.25) is 0 Å². The highest BCUT2D eigenvalue weighted by Crippen LogP contribution is 2.11. The first-order valence-electron chi connectivity index (χ1n) is 3.66. The molecule has 0 fully saturated rings. The Balaban J connectivity index is 2.68. The summed E-state index contributed by atoms with van der Waals surface area (Å²) >= 11 is 5.77. The van der Waals surface area contributed by atoms with E-state index in [-0.39, 0.29) is 0 Å². The Morgan fingerprint density at radius 2 is 2.42 bits per heavy atom. The van der Waals surface area contributed by atoms with E-state index in [1.54, 1.807) is 6.20 Å². The van der Waals surface area contributed by atoms with Gasteiger partial charge in [0.25, 0.3) is 0 Å². The van der Waals surface area contributed by atoms with Gasteiger partial charge >= 0.3 is 0 Å². The van der Waals surface area contributed by atoms with Crippen molar-refractivity contribution in [2.24, 2.45) is 5.73 Å². The van der Waals surface area contributed by atoms with E-state index in [4.69, 9.17) is 17.3 Å². The molecule has 2 N–H and O–H groups in total. The summed E-state index contributed by atoms with van der Waals surface area (Å²) in [5, 5.41) is 0.471. The molecule has 4 heteroatoms. The minimum Gasteiger partial charge on any atom is -0.330 e. The maximum Gasteiger partial charge on any atom is 0.139 e. The SMILES string of the molecule is NCCC=Cc1cncnc1Cl. The number of aromatic nitrogens is 2. The Morgan fingerprint density at radius 3 is 3.08 bits per heavy atom. The van der Waals surface area contributed by atoms with Crippen LogP contribution < -0.4 is 5.73 Å². The molecule has 1 aromatic rings. The summed E-state index contributed by atoms with van der Waals surface area (Å²) in [4.78, 5) is 7.68. The molecule has 12 heavy (non-hydrogen) atoms. The third kappa shape index (κ3) is 2.60. The van der Waals surface area contributed by atoms with Gasteiger partial charge in [-0.15, -0.1) is 0 Å². The number of hydrogen-bond acceptors (Lipinski definition) is 3. The highest BCUT2D eigenvalue weighted by molar-refractivity contribution is 6.30. The van der Waals surface area contributed by atoms with Gasteiger partial charge in [-0.2, -0.15) is 0 Å². The van der Waals surface area contributed by atoms with Crippen LogP contribution in [0.4, 0.5) is 0 Å². The van der Waals surface area contributed by atoms with Crippen molar-refractivity contribution < 1.29 is 0 Å². The van der Waals surface area contributed by atoms with Gasteiger partial charge < -0.3 is 5.73 Å². The predicted molar refractivity (Wildman–Crippen MR) is 49.7 cm³/mol. The summed E-state index contributed by atoms with van der Waals surface area (Å²) in [6.45, 7) is 0.641. The zero-order valence-corrected chi connectivity index (χ0v) is 7.33. The molecule has 0 aliphatic heterocycles. The number of nitrogens with two attached hydrogens (primary N) is 1. The van der Waals surface area contributed by atoms with Crippen molar-refractivity contribution in [3.8, 4) is 0 Å². The van der Waals surface area contributed by atoms with Crippen molar-refractivity contribution in [3.05, 3.63) is 29.3 Å². The quantitative estimate of drug-likeness (QED) is 0.723. The fourth-order valence-corrected chi connectivity index (χ4v) is 0.899. The summed E-state index contributed by atoms with van der Waals surface area (Å²) in [7, 11) is 0. The summed E-state index contributed by atoms with van der Waals surface area (Å²) in [6.07, 6.45) is 7.75. The number of nitrogens with zero attached hydrogens (tertiary/aromatic N) is 2. The van der Waals surface area contributed by atoms with Crippen molar-refractivity contribution in [2.45, 2.75) is 6.42 Å². The van der Waals surface area contributed by atoms with E-state index in [0.29, 0.717) is 11.7 Å². The van der Waals surface area contributed by atoms with E-state index in [1.807, 2.05) is 12.2 Å². The first kappa shape index (κ1) is 9.16. The third-order valence-corrected chi connectivity index (χ3v) is 1.64. The molecule has 0 atom stereocenters. The minimum absolute atomic E-state index is 0.471. The largest absolute Gasteiger partial charge is 0.330 e. The van der Waals surface area contributed by atoms with Gasteiger partial charge in [0.05, 0.1) is 0 Å². The molecule has 0 spiro atoms. The Kier molecular flexibility index (Phi) is 3.70. The molecule has 0 bridgehead atoms. The van der Waals surface area contributed by atoms with Crippen molar-refractivity contribution in [1.82, 2.24) is 9.97 Å². The minimum atomic E-state index is 0.471. The van der Waals surface area contributed by atoms with Gasteiger partial charge in [0.15, 0.2) is 0 Å². The first-order valence-corrected chi connectivity index (χ1v) is 4.04. The average Bonchev–Trinajstić information content (AvgIpc) is 2.09. The second-order valence-electron chi connectivity index (χ2n) is 2.25.